The standard InChI is InChI=1S/C18H19N3O3.ClH/c22-18(13-3-4-16-17(10-13)24-9-8-23-16)21-7-6-20-12-15(21)14-2-1-5-19-11-14;/h1-5,10-11,15,20H,6-9,12H2;1H. The van der Waals surface area contributed by atoms with E-state index in [-0.39, 0.29) is 24.4 Å². The summed E-state index contributed by atoms with van der Waals surface area (Å²) in [6, 6.07) is 9.28. The molecule has 1 atom stereocenters. The van der Waals surface area contributed by atoms with Gasteiger partial charge in [0.25, 0.3) is 5.91 Å². The van der Waals surface area contributed by atoms with E-state index >= 15 is 0 Å². The zero-order chi connectivity index (χ0) is 16.4. The lowest BCUT2D eigenvalue weighted by Crippen LogP contribution is -2.48. The van der Waals surface area contributed by atoms with Crippen molar-refractivity contribution >= 4 is 18.3 Å². The summed E-state index contributed by atoms with van der Waals surface area (Å²) in [6.07, 6.45) is 3.56. The van der Waals surface area contributed by atoms with Crippen LogP contribution in [-0.2, 0) is 0 Å². The number of amides is 1. The molecule has 1 fully saturated rings. The van der Waals surface area contributed by atoms with E-state index in [4.69, 9.17) is 9.47 Å². The molecule has 132 valence electrons. The summed E-state index contributed by atoms with van der Waals surface area (Å²) in [5.41, 5.74) is 1.66. The van der Waals surface area contributed by atoms with Gasteiger partial charge in [0.15, 0.2) is 11.5 Å². The molecule has 7 heteroatoms. The van der Waals surface area contributed by atoms with E-state index in [0.717, 1.165) is 18.7 Å². The molecule has 1 aromatic carbocycles. The van der Waals surface area contributed by atoms with Crippen molar-refractivity contribution in [3.05, 3.63) is 53.9 Å². The minimum Gasteiger partial charge on any atom is -0.486 e. The van der Waals surface area contributed by atoms with Crippen molar-refractivity contribution in [2.75, 3.05) is 32.8 Å². The first-order chi connectivity index (χ1) is 11.8. The zero-order valence-corrected chi connectivity index (χ0v) is 14.5. The SMILES string of the molecule is Cl.O=C(c1ccc2c(c1)OCCO2)N1CCNCC1c1cccnc1. The zero-order valence-electron chi connectivity index (χ0n) is 13.7. The van der Waals surface area contributed by atoms with Crippen molar-refractivity contribution in [2.45, 2.75) is 6.04 Å². The number of ether oxygens (including phenoxy) is 2. The second-order valence-electron chi connectivity index (χ2n) is 5.86. The number of fused-ring (bicyclic) bond motifs is 1. The average Bonchev–Trinajstić information content (AvgIpc) is 2.68. The summed E-state index contributed by atoms with van der Waals surface area (Å²) in [5, 5.41) is 3.35. The number of benzene rings is 1. The quantitative estimate of drug-likeness (QED) is 0.887. The van der Waals surface area contributed by atoms with E-state index in [0.29, 0.717) is 36.8 Å². The Morgan fingerprint density at radius 1 is 1.20 bits per heavy atom. The third-order valence-electron chi connectivity index (χ3n) is 4.36. The summed E-state index contributed by atoms with van der Waals surface area (Å²) in [6.45, 7) is 3.22. The monoisotopic (exact) mass is 361 g/mol. The summed E-state index contributed by atoms with van der Waals surface area (Å²) < 4.78 is 11.1. The third-order valence-corrected chi connectivity index (χ3v) is 4.36. The molecule has 2 aliphatic rings. The number of carbonyl (C=O) groups excluding carboxylic acids is 1. The number of aromatic nitrogens is 1. The highest BCUT2D eigenvalue weighted by Gasteiger charge is 2.29. The molecule has 0 bridgehead atoms. The van der Waals surface area contributed by atoms with E-state index in [1.807, 2.05) is 29.3 Å². The molecule has 0 saturated carbocycles. The van der Waals surface area contributed by atoms with E-state index in [9.17, 15) is 4.79 Å². The molecule has 1 amide bonds. The number of hydrogen-bond donors (Lipinski definition) is 1. The fourth-order valence-corrected chi connectivity index (χ4v) is 3.16. The van der Waals surface area contributed by atoms with Gasteiger partial charge < -0.3 is 19.7 Å². The lowest BCUT2D eigenvalue weighted by atomic mass is 10.0. The summed E-state index contributed by atoms with van der Waals surface area (Å²) in [5.74, 6) is 1.34. The highest BCUT2D eigenvalue weighted by Crippen LogP contribution is 2.32. The predicted molar refractivity (Wildman–Crippen MR) is 95.6 cm³/mol. The molecule has 3 heterocycles. The minimum atomic E-state index is -0.0202. The predicted octanol–water partition coefficient (Wildman–Crippen LogP) is 2.06. The number of rotatable bonds is 2. The van der Waals surface area contributed by atoms with Gasteiger partial charge >= 0.3 is 0 Å². The van der Waals surface area contributed by atoms with Gasteiger partial charge in [-0.1, -0.05) is 6.07 Å². The van der Waals surface area contributed by atoms with Gasteiger partial charge in [-0.05, 0) is 29.8 Å². The van der Waals surface area contributed by atoms with Crippen LogP contribution in [0.2, 0.25) is 0 Å². The normalized spacial score (nSPS) is 19.0. The molecule has 2 aromatic rings. The Balaban J connectivity index is 0.00000182. The van der Waals surface area contributed by atoms with Crippen LogP contribution in [0.3, 0.4) is 0 Å². The van der Waals surface area contributed by atoms with Gasteiger partial charge in [0.2, 0.25) is 0 Å². The van der Waals surface area contributed by atoms with Crippen LogP contribution >= 0.6 is 12.4 Å². The number of pyridine rings is 1. The van der Waals surface area contributed by atoms with Crippen LogP contribution in [0, 0.1) is 0 Å². The first kappa shape index (κ1) is 17.5. The molecule has 1 aromatic heterocycles. The molecular weight excluding hydrogens is 342 g/mol. The molecule has 6 nitrogen and oxygen atoms in total. The summed E-state index contributed by atoms with van der Waals surface area (Å²) in [4.78, 5) is 19.1. The average molecular weight is 362 g/mol. The Morgan fingerprint density at radius 2 is 2.04 bits per heavy atom. The van der Waals surface area contributed by atoms with Gasteiger partial charge in [-0.15, -0.1) is 12.4 Å². The van der Waals surface area contributed by atoms with Crippen LogP contribution in [0.5, 0.6) is 11.5 Å². The van der Waals surface area contributed by atoms with Gasteiger partial charge in [-0.2, -0.15) is 0 Å². The second kappa shape index (κ2) is 7.72. The van der Waals surface area contributed by atoms with E-state index < -0.39 is 0 Å². The van der Waals surface area contributed by atoms with Gasteiger partial charge in [0, 0.05) is 37.6 Å². The van der Waals surface area contributed by atoms with Crippen LogP contribution in [0.1, 0.15) is 22.0 Å². The topological polar surface area (TPSA) is 63.7 Å². The molecular formula is C18H20ClN3O3. The lowest BCUT2D eigenvalue weighted by molar-refractivity contribution is 0.0633. The molecule has 0 aliphatic carbocycles. The largest absolute Gasteiger partial charge is 0.486 e. The fraction of sp³-hybridized carbons (Fsp3) is 0.333. The maximum absolute atomic E-state index is 13.1. The molecule has 1 saturated heterocycles. The molecule has 25 heavy (non-hydrogen) atoms. The van der Waals surface area contributed by atoms with Crippen molar-refractivity contribution in [1.29, 1.82) is 0 Å². The molecule has 0 spiro atoms. The van der Waals surface area contributed by atoms with Gasteiger partial charge in [-0.25, -0.2) is 0 Å². The van der Waals surface area contributed by atoms with E-state index in [1.54, 1.807) is 18.3 Å². The summed E-state index contributed by atoms with van der Waals surface area (Å²) >= 11 is 0. The highest BCUT2D eigenvalue weighted by atomic mass is 35.5. The molecule has 4 rings (SSSR count). The highest BCUT2D eigenvalue weighted by molar-refractivity contribution is 5.95. The Kier molecular flexibility index (Phi) is 5.40. The minimum absolute atomic E-state index is 0. The van der Waals surface area contributed by atoms with Gasteiger partial charge in [0.1, 0.15) is 13.2 Å². The van der Waals surface area contributed by atoms with Crippen molar-refractivity contribution in [2.24, 2.45) is 0 Å². The third kappa shape index (κ3) is 3.55. The number of nitrogens with zero attached hydrogens (tertiary/aromatic N) is 2. The second-order valence-corrected chi connectivity index (χ2v) is 5.86. The van der Waals surface area contributed by atoms with Gasteiger partial charge in [-0.3, -0.25) is 9.78 Å². The number of halogens is 1. The van der Waals surface area contributed by atoms with Crippen molar-refractivity contribution < 1.29 is 14.3 Å². The lowest BCUT2D eigenvalue weighted by Gasteiger charge is -2.36. The summed E-state index contributed by atoms with van der Waals surface area (Å²) in [7, 11) is 0. The van der Waals surface area contributed by atoms with Crippen LogP contribution in [-0.4, -0.2) is 48.6 Å². The number of nitrogens with one attached hydrogen (secondary N) is 1. The molecule has 1 unspecified atom stereocenters. The van der Waals surface area contributed by atoms with Crippen LogP contribution < -0.4 is 14.8 Å². The Hall–Kier alpha value is -2.31. The molecule has 1 N–H and O–H groups in total. The van der Waals surface area contributed by atoms with Crippen LogP contribution in [0.4, 0.5) is 0 Å². The molecule has 2 aliphatic heterocycles. The van der Waals surface area contributed by atoms with Crippen molar-refractivity contribution in [3.63, 3.8) is 0 Å². The maximum atomic E-state index is 13.1. The first-order valence-electron chi connectivity index (χ1n) is 8.14. The Bertz CT molecular complexity index is 742. The van der Waals surface area contributed by atoms with E-state index in [2.05, 4.69) is 10.3 Å². The van der Waals surface area contributed by atoms with Crippen molar-refractivity contribution in [3.8, 4) is 11.5 Å². The van der Waals surface area contributed by atoms with Gasteiger partial charge in [0.05, 0.1) is 6.04 Å². The molecule has 0 radical (unpaired) electrons. The smallest absolute Gasteiger partial charge is 0.254 e. The van der Waals surface area contributed by atoms with Crippen LogP contribution in [0.15, 0.2) is 42.7 Å². The Labute approximate surface area is 152 Å². The fourth-order valence-electron chi connectivity index (χ4n) is 3.16. The number of hydrogen-bond acceptors (Lipinski definition) is 5. The van der Waals surface area contributed by atoms with Crippen molar-refractivity contribution in [1.82, 2.24) is 15.2 Å². The first-order valence-corrected chi connectivity index (χ1v) is 8.14. The van der Waals surface area contributed by atoms with E-state index in [1.165, 1.54) is 0 Å². The number of carbonyl (C=O) groups is 1. The Morgan fingerprint density at radius 3 is 2.84 bits per heavy atom. The maximum Gasteiger partial charge on any atom is 0.254 e. The number of piperazine rings is 1. The van der Waals surface area contributed by atoms with Crippen LogP contribution in [0.25, 0.3) is 0 Å².